The number of methoxy groups -OCH3 is 1. The largest absolute Gasteiger partial charge is 0.495 e. The molecule has 1 heterocycles. The zero-order valence-corrected chi connectivity index (χ0v) is 14.8. The van der Waals surface area contributed by atoms with Gasteiger partial charge in [0.25, 0.3) is 0 Å². The van der Waals surface area contributed by atoms with Crippen LogP contribution in [0.15, 0.2) is 28.3 Å². The number of benzene rings is 1. The summed E-state index contributed by atoms with van der Waals surface area (Å²) in [6.07, 6.45) is 7.30. The summed E-state index contributed by atoms with van der Waals surface area (Å²) in [4.78, 5) is 18.5. The van der Waals surface area contributed by atoms with Gasteiger partial charge in [-0.25, -0.2) is 0 Å². The quantitative estimate of drug-likeness (QED) is 0.367. The SMILES string of the molecule is COc1cc(/C(C=NCC(=O)N2CCCCCCC2)=N/N)ccc1N. The van der Waals surface area contributed by atoms with Crippen LogP contribution < -0.4 is 16.3 Å². The van der Waals surface area contributed by atoms with Crippen LogP contribution >= 0.6 is 0 Å². The second-order valence-corrected chi connectivity index (χ2v) is 6.09. The normalized spacial score (nSPS) is 16.5. The summed E-state index contributed by atoms with van der Waals surface area (Å²) in [6.45, 7) is 1.74. The van der Waals surface area contributed by atoms with Gasteiger partial charge >= 0.3 is 0 Å². The van der Waals surface area contributed by atoms with Crippen molar-refractivity contribution in [1.82, 2.24) is 4.90 Å². The molecule has 0 atom stereocenters. The van der Waals surface area contributed by atoms with E-state index < -0.39 is 0 Å². The molecule has 0 bridgehead atoms. The van der Waals surface area contributed by atoms with Crippen molar-refractivity contribution in [2.45, 2.75) is 32.1 Å². The Morgan fingerprint density at radius 2 is 1.92 bits per heavy atom. The molecule has 1 aliphatic rings. The van der Waals surface area contributed by atoms with Gasteiger partial charge in [0.2, 0.25) is 5.91 Å². The molecule has 7 nitrogen and oxygen atoms in total. The third-order valence-corrected chi connectivity index (χ3v) is 4.32. The second kappa shape index (κ2) is 9.66. The first-order chi connectivity index (χ1) is 12.2. The van der Waals surface area contributed by atoms with E-state index in [-0.39, 0.29) is 12.5 Å². The Balaban J connectivity index is 1.97. The highest BCUT2D eigenvalue weighted by atomic mass is 16.5. The minimum atomic E-state index is 0.0457. The molecule has 1 fully saturated rings. The summed E-state index contributed by atoms with van der Waals surface area (Å²) in [5.41, 5.74) is 7.55. The Labute approximate surface area is 148 Å². The molecule has 4 N–H and O–H groups in total. The lowest BCUT2D eigenvalue weighted by Gasteiger charge is -2.24. The monoisotopic (exact) mass is 345 g/mol. The highest BCUT2D eigenvalue weighted by molar-refractivity contribution is 6.38. The fourth-order valence-corrected chi connectivity index (χ4v) is 2.86. The van der Waals surface area contributed by atoms with Gasteiger partial charge < -0.3 is 21.2 Å². The number of carbonyl (C=O) groups excluding carboxylic acids is 1. The number of amides is 1. The van der Waals surface area contributed by atoms with Gasteiger partial charge in [-0.3, -0.25) is 9.79 Å². The molecule has 2 rings (SSSR count). The van der Waals surface area contributed by atoms with Gasteiger partial charge in [-0.15, -0.1) is 0 Å². The van der Waals surface area contributed by atoms with Crippen LogP contribution in [0.3, 0.4) is 0 Å². The van der Waals surface area contributed by atoms with Crippen molar-refractivity contribution in [3.05, 3.63) is 23.8 Å². The van der Waals surface area contributed by atoms with Crippen LogP contribution in [0.5, 0.6) is 5.75 Å². The summed E-state index contributed by atoms with van der Waals surface area (Å²) in [5.74, 6) is 6.05. The molecule has 1 amide bonds. The highest BCUT2D eigenvalue weighted by Gasteiger charge is 2.14. The number of carbonyl (C=O) groups is 1. The van der Waals surface area contributed by atoms with E-state index in [0.29, 0.717) is 17.1 Å². The number of likely N-dealkylation sites (tertiary alicyclic amines) is 1. The molecule has 1 aromatic rings. The van der Waals surface area contributed by atoms with Crippen LogP contribution in [0.1, 0.15) is 37.7 Å². The Morgan fingerprint density at radius 3 is 2.56 bits per heavy atom. The van der Waals surface area contributed by atoms with Crippen molar-refractivity contribution in [3.63, 3.8) is 0 Å². The number of nitrogen functional groups attached to an aromatic ring is 1. The maximum absolute atomic E-state index is 12.3. The first kappa shape index (κ1) is 18.8. The lowest BCUT2D eigenvalue weighted by atomic mass is 10.1. The van der Waals surface area contributed by atoms with Crippen molar-refractivity contribution in [1.29, 1.82) is 0 Å². The van der Waals surface area contributed by atoms with Crippen LogP contribution in [0.2, 0.25) is 0 Å². The van der Waals surface area contributed by atoms with Crippen molar-refractivity contribution >= 4 is 23.5 Å². The predicted octanol–water partition coefficient (Wildman–Crippen LogP) is 1.80. The predicted molar refractivity (Wildman–Crippen MR) is 101 cm³/mol. The zero-order valence-electron chi connectivity index (χ0n) is 14.8. The molecule has 0 saturated carbocycles. The van der Waals surface area contributed by atoms with Crippen molar-refractivity contribution in [3.8, 4) is 5.75 Å². The van der Waals surface area contributed by atoms with E-state index in [9.17, 15) is 4.79 Å². The third kappa shape index (κ3) is 5.48. The Morgan fingerprint density at radius 1 is 1.24 bits per heavy atom. The summed E-state index contributed by atoms with van der Waals surface area (Å²) in [6, 6.07) is 5.25. The van der Waals surface area contributed by atoms with Gasteiger partial charge in [-0.2, -0.15) is 5.10 Å². The molecule has 1 aliphatic heterocycles. The smallest absolute Gasteiger partial charge is 0.244 e. The molecule has 136 valence electrons. The maximum Gasteiger partial charge on any atom is 0.244 e. The van der Waals surface area contributed by atoms with E-state index in [4.69, 9.17) is 16.3 Å². The Hall–Kier alpha value is -2.57. The van der Waals surface area contributed by atoms with Crippen LogP contribution in [-0.2, 0) is 4.79 Å². The number of hydrogen-bond donors (Lipinski definition) is 2. The number of anilines is 1. The molecule has 0 spiro atoms. The number of rotatable bonds is 5. The first-order valence-corrected chi connectivity index (χ1v) is 8.65. The lowest BCUT2D eigenvalue weighted by Crippen LogP contribution is -2.35. The van der Waals surface area contributed by atoms with E-state index in [1.54, 1.807) is 25.3 Å². The van der Waals surface area contributed by atoms with E-state index >= 15 is 0 Å². The number of hydrogen-bond acceptors (Lipinski definition) is 6. The maximum atomic E-state index is 12.3. The van der Waals surface area contributed by atoms with Gasteiger partial charge in [-0.05, 0) is 25.0 Å². The van der Waals surface area contributed by atoms with Gasteiger partial charge in [0.05, 0.1) is 12.8 Å². The molecule has 0 radical (unpaired) electrons. The molecular weight excluding hydrogens is 318 g/mol. The fourth-order valence-electron chi connectivity index (χ4n) is 2.86. The van der Waals surface area contributed by atoms with E-state index in [1.165, 1.54) is 25.5 Å². The molecule has 7 heteroatoms. The molecule has 1 aromatic carbocycles. The van der Waals surface area contributed by atoms with Crippen LogP contribution in [0, 0.1) is 0 Å². The topological polar surface area (TPSA) is 106 Å². The second-order valence-electron chi connectivity index (χ2n) is 6.09. The van der Waals surface area contributed by atoms with Crippen molar-refractivity contribution < 1.29 is 9.53 Å². The number of nitrogens with zero attached hydrogens (tertiary/aromatic N) is 3. The number of nitrogens with two attached hydrogens (primary N) is 2. The minimum absolute atomic E-state index is 0.0457. The van der Waals surface area contributed by atoms with Gasteiger partial charge in [0.1, 0.15) is 18.0 Å². The molecule has 25 heavy (non-hydrogen) atoms. The molecule has 0 aromatic heterocycles. The highest BCUT2D eigenvalue weighted by Crippen LogP contribution is 2.22. The molecule has 0 unspecified atom stereocenters. The minimum Gasteiger partial charge on any atom is -0.495 e. The van der Waals surface area contributed by atoms with Crippen LogP contribution in [-0.4, -0.2) is 49.5 Å². The summed E-state index contributed by atoms with van der Waals surface area (Å²) in [7, 11) is 1.55. The van der Waals surface area contributed by atoms with Gasteiger partial charge in [0.15, 0.2) is 0 Å². The third-order valence-electron chi connectivity index (χ3n) is 4.32. The van der Waals surface area contributed by atoms with Crippen LogP contribution in [0.4, 0.5) is 5.69 Å². The van der Waals surface area contributed by atoms with E-state index in [2.05, 4.69) is 10.1 Å². The lowest BCUT2D eigenvalue weighted by molar-refractivity contribution is -0.129. The molecular formula is C18H27N5O2. The average Bonchev–Trinajstić information content (AvgIpc) is 2.59. The Kier molecular flexibility index (Phi) is 7.25. The fraction of sp³-hybridized carbons (Fsp3) is 0.500. The Bertz CT molecular complexity index is 634. The van der Waals surface area contributed by atoms with Crippen molar-refractivity contribution in [2.75, 3.05) is 32.5 Å². The average molecular weight is 345 g/mol. The van der Waals surface area contributed by atoms with E-state index in [0.717, 1.165) is 31.5 Å². The zero-order chi connectivity index (χ0) is 18.1. The number of hydrazone groups is 1. The van der Waals surface area contributed by atoms with Gasteiger partial charge in [-0.1, -0.05) is 25.3 Å². The van der Waals surface area contributed by atoms with Crippen molar-refractivity contribution in [2.24, 2.45) is 15.9 Å². The standard InChI is InChI=1S/C18H27N5O2/c1-25-17-11-14(7-8-15(17)19)16(22-20)12-21-13-18(24)23-9-5-3-2-4-6-10-23/h7-8,11-12H,2-6,9-10,13,19-20H2,1H3/b21-12?,22-16+. The van der Waals surface area contributed by atoms with Crippen LogP contribution in [0.25, 0.3) is 0 Å². The first-order valence-electron chi connectivity index (χ1n) is 8.65. The summed E-state index contributed by atoms with van der Waals surface area (Å²) >= 11 is 0. The summed E-state index contributed by atoms with van der Waals surface area (Å²) in [5, 5.41) is 3.75. The van der Waals surface area contributed by atoms with Gasteiger partial charge in [0, 0.05) is 24.9 Å². The number of aliphatic imine (C=N–C) groups is 1. The molecule has 1 saturated heterocycles. The molecule has 0 aliphatic carbocycles. The van der Waals surface area contributed by atoms with E-state index in [1.807, 2.05) is 4.90 Å². The number of ether oxygens (including phenoxy) is 1. The summed E-state index contributed by atoms with van der Waals surface area (Å²) < 4.78 is 5.20.